The van der Waals surface area contributed by atoms with Gasteiger partial charge in [-0.05, 0) is 6.92 Å². The van der Waals surface area contributed by atoms with Crippen molar-refractivity contribution >= 4 is 5.97 Å². The lowest BCUT2D eigenvalue weighted by Crippen LogP contribution is -1.96. The van der Waals surface area contributed by atoms with Crippen LogP contribution in [0.3, 0.4) is 0 Å². The van der Waals surface area contributed by atoms with Crippen LogP contribution in [-0.2, 0) is 4.79 Å². The molecule has 0 bridgehead atoms. The maximum absolute atomic E-state index is 9.96. The Balaban J connectivity index is 2.17. The van der Waals surface area contributed by atoms with Crippen LogP contribution in [0.2, 0.25) is 0 Å². The van der Waals surface area contributed by atoms with Gasteiger partial charge in [0, 0.05) is 5.92 Å². The maximum atomic E-state index is 9.96. The van der Waals surface area contributed by atoms with E-state index in [0.717, 1.165) is 0 Å². The third-order valence-electron chi connectivity index (χ3n) is 1.33. The van der Waals surface area contributed by atoms with E-state index in [0.29, 0.717) is 0 Å². The van der Waals surface area contributed by atoms with Gasteiger partial charge in [0.1, 0.15) is 0 Å². The summed E-state index contributed by atoms with van der Waals surface area (Å²) in [5.41, 5.74) is 1.22. The van der Waals surface area contributed by atoms with Gasteiger partial charge in [0.15, 0.2) is 0 Å². The van der Waals surface area contributed by atoms with E-state index < -0.39 is 5.97 Å². The number of carboxylic acid groups (broad SMARTS) is 1. The second-order valence-corrected chi connectivity index (χ2v) is 2.12. The lowest BCUT2D eigenvalue weighted by molar-refractivity contribution is -0.137. The van der Waals surface area contributed by atoms with Crippen LogP contribution in [0.25, 0.3) is 0 Å². The molecule has 2 heteroatoms. The van der Waals surface area contributed by atoms with Crippen molar-refractivity contribution in [2.24, 2.45) is 5.92 Å². The molecule has 0 heterocycles. The maximum Gasteiger partial charge on any atom is 0.304 e. The second-order valence-electron chi connectivity index (χ2n) is 2.12. The van der Waals surface area contributed by atoms with Gasteiger partial charge in [0.05, 0.1) is 6.42 Å². The molecule has 0 aromatic carbocycles. The third-order valence-corrected chi connectivity index (χ3v) is 1.33. The molecule has 1 aliphatic rings. The van der Waals surface area contributed by atoms with E-state index >= 15 is 0 Å². The smallest absolute Gasteiger partial charge is 0.304 e. The first-order valence-corrected chi connectivity index (χ1v) is 2.60. The first-order chi connectivity index (χ1) is 3.70. The summed E-state index contributed by atoms with van der Waals surface area (Å²) in [4.78, 5) is 9.96. The molecular formula is C6H8O2. The van der Waals surface area contributed by atoms with Crippen LogP contribution in [0.15, 0.2) is 11.6 Å². The second kappa shape index (κ2) is 1.62. The Hall–Kier alpha value is -0.790. The molecule has 0 saturated carbocycles. The number of rotatable bonds is 2. The molecule has 0 radical (unpaired) electrons. The lowest BCUT2D eigenvalue weighted by atomic mass is 10.2. The molecule has 0 fully saturated rings. The summed E-state index contributed by atoms with van der Waals surface area (Å²) in [7, 11) is 0. The van der Waals surface area contributed by atoms with Crippen molar-refractivity contribution in [1.29, 1.82) is 0 Å². The molecule has 0 spiro atoms. The fourth-order valence-corrected chi connectivity index (χ4v) is 0.677. The van der Waals surface area contributed by atoms with Gasteiger partial charge in [-0.3, -0.25) is 4.79 Å². The van der Waals surface area contributed by atoms with Crippen molar-refractivity contribution in [2.75, 3.05) is 0 Å². The highest BCUT2D eigenvalue weighted by molar-refractivity contribution is 5.69. The number of hydrogen-bond donors (Lipinski definition) is 1. The van der Waals surface area contributed by atoms with Crippen LogP contribution in [0.5, 0.6) is 0 Å². The predicted molar refractivity (Wildman–Crippen MR) is 29.5 cm³/mol. The first-order valence-electron chi connectivity index (χ1n) is 2.60. The normalized spacial score (nSPS) is 24.6. The van der Waals surface area contributed by atoms with Gasteiger partial charge >= 0.3 is 5.97 Å². The Labute approximate surface area is 47.8 Å². The van der Waals surface area contributed by atoms with Gasteiger partial charge in [-0.25, -0.2) is 0 Å². The average molecular weight is 112 g/mol. The Morgan fingerprint density at radius 1 is 2.00 bits per heavy atom. The van der Waals surface area contributed by atoms with Crippen molar-refractivity contribution in [3.63, 3.8) is 0 Å². The predicted octanol–water partition coefficient (Wildman–Crippen LogP) is 1.04. The van der Waals surface area contributed by atoms with Crippen LogP contribution in [0.4, 0.5) is 0 Å². The van der Waals surface area contributed by atoms with E-state index in [9.17, 15) is 4.79 Å². The van der Waals surface area contributed by atoms with Crippen LogP contribution >= 0.6 is 0 Å². The Bertz CT molecular complexity index is 147. The zero-order valence-corrected chi connectivity index (χ0v) is 4.72. The summed E-state index contributed by atoms with van der Waals surface area (Å²) in [5.74, 6) is -0.421. The van der Waals surface area contributed by atoms with Crippen LogP contribution in [0.1, 0.15) is 13.3 Å². The first kappa shape index (κ1) is 5.35. The zero-order valence-electron chi connectivity index (χ0n) is 4.72. The molecule has 0 aliphatic heterocycles. The minimum Gasteiger partial charge on any atom is -0.481 e. The van der Waals surface area contributed by atoms with E-state index in [2.05, 4.69) is 0 Å². The number of aliphatic carboxylic acids is 1. The van der Waals surface area contributed by atoms with Crippen LogP contribution < -0.4 is 0 Å². The van der Waals surface area contributed by atoms with Crippen LogP contribution in [0, 0.1) is 5.92 Å². The zero-order chi connectivity index (χ0) is 6.15. The summed E-state index contributed by atoms with van der Waals surface area (Å²) in [5, 5.41) is 8.21. The number of hydrogen-bond acceptors (Lipinski definition) is 1. The minimum atomic E-state index is -0.705. The van der Waals surface area contributed by atoms with E-state index in [-0.39, 0.29) is 12.3 Å². The lowest BCUT2D eigenvalue weighted by Gasteiger charge is -1.87. The molecule has 1 aliphatic carbocycles. The molecule has 0 amide bonds. The molecule has 0 saturated heterocycles. The Kier molecular flexibility index (Phi) is 1.08. The molecule has 1 rings (SSSR count). The van der Waals surface area contributed by atoms with E-state index in [1.54, 1.807) is 0 Å². The Morgan fingerprint density at radius 2 is 2.50 bits per heavy atom. The third kappa shape index (κ3) is 1.09. The number of carboxylic acids is 1. The van der Waals surface area contributed by atoms with Gasteiger partial charge < -0.3 is 5.11 Å². The highest BCUT2D eigenvalue weighted by Crippen LogP contribution is 2.30. The molecule has 2 nitrogen and oxygen atoms in total. The van der Waals surface area contributed by atoms with Crippen LogP contribution in [-0.4, -0.2) is 11.1 Å². The van der Waals surface area contributed by atoms with Crippen molar-refractivity contribution in [3.05, 3.63) is 11.6 Å². The highest BCUT2D eigenvalue weighted by Gasteiger charge is 2.22. The molecule has 44 valence electrons. The topological polar surface area (TPSA) is 37.3 Å². The van der Waals surface area contributed by atoms with Gasteiger partial charge in [-0.2, -0.15) is 0 Å². The van der Waals surface area contributed by atoms with Crippen molar-refractivity contribution < 1.29 is 9.90 Å². The summed E-state index contributed by atoms with van der Waals surface area (Å²) in [6, 6.07) is 0. The standard InChI is InChI=1S/C6H8O2/c1-4-2-5(4)3-6(7)8/h2,5H,3H2,1H3,(H,7,8). The number of allylic oxidation sites excluding steroid dienone is 2. The highest BCUT2D eigenvalue weighted by atomic mass is 16.4. The van der Waals surface area contributed by atoms with Gasteiger partial charge in [0.2, 0.25) is 0 Å². The quantitative estimate of drug-likeness (QED) is 0.542. The average Bonchev–Trinajstić information content (AvgIpc) is 2.17. The van der Waals surface area contributed by atoms with E-state index in [4.69, 9.17) is 5.11 Å². The van der Waals surface area contributed by atoms with Crippen molar-refractivity contribution in [1.82, 2.24) is 0 Å². The fraction of sp³-hybridized carbons (Fsp3) is 0.500. The molecule has 1 unspecified atom stereocenters. The van der Waals surface area contributed by atoms with Gasteiger partial charge in [-0.15, -0.1) is 0 Å². The largest absolute Gasteiger partial charge is 0.481 e. The summed E-state index contributed by atoms with van der Waals surface area (Å²) >= 11 is 0. The molecular weight excluding hydrogens is 104 g/mol. The molecule has 8 heavy (non-hydrogen) atoms. The monoisotopic (exact) mass is 112 g/mol. The summed E-state index contributed by atoms with van der Waals surface area (Å²) in [6.45, 7) is 1.95. The van der Waals surface area contributed by atoms with Gasteiger partial charge in [0.25, 0.3) is 0 Å². The van der Waals surface area contributed by atoms with Crippen molar-refractivity contribution in [2.45, 2.75) is 13.3 Å². The van der Waals surface area contributed by atoms with Crippen molar-refractivity contribution in [3.8, 4) is 0 Å². The Morgan fingerprint density at radius 3 is 2.62 bits per heavy atom. The fourth-order valence-electron chi connectivity index (χ4n) is 0.677. The summed E-state index contributed by atoms with van der Waals surface area (Å²) < 4.78 is 0. The molecule has 0 aromatic heterocycles. The SMILES string of the molecule is CC1=CC1CC(=O)O. The summed E-state index contributed by atoms with van der Waals surface area (Å²) in [6.07, 6.45) is 2.25. The molecule has 0 aromatic rings. The van der Waals surface area contributed by atoms with Gasteiger partial charge in [-0.1, -0.05) is 11.6 Å². The van der Waals surface area contributed by atoms with E-state index in [1.165, 1.54) is 5.57 Å². The van der Waals surface area contributed by atoms with E-state index in [1.807, 2.05) is 13.0 Å². The number of carbonyl (C=O) groups is 1. The molecule has 1 atom stereocenters. The molecule has 1 N–H and O–H groups in total. The minimum absolute atomic E-state index is 0.284.